The third-order valence-electron chi connectivity index (χ3n) is 2.98. The molecule has 2 heteroatoms. The topological polar surface area (TPSA) is 0 Å². The van der Waals surface area contributed by atoms with Crippen molar-refractivity contribution in [2.24, 2.45) is 5.92 Å². The molecule has 0 spiro atoms. The Morgan fingerprint density at radius 1 is 1.14 bits per heavy atom. The van der Waals surface area contributed by atoms with E-state index >= 15 is 0 Å². The average Bonchev–Trinajstić information content (AvgIpc) is 2.56. The fourth-order valence-electron chi connectivity index (χ4n) is 2.14. The smallest absolute Gasteiger partial charge is 0.0406 e. The zero-order valence-electron chi connectivity index (χ0n) is 8.05. The van der Waals surface area contributed by atoms with E-state index in [9.17, 15) is 0 Å². The van der Waals surface area contributed by atoms with Crippen molar-refractivity contribution in [1.82, 2.24) is 0 Å². The molecule has 0 saturated heterocycles. The minimum absolute atomic E-state index is 0.380. The van der Waals surface area contributed by atoms with Crippen LogP contribution in [0.25, 0.3) is 0 Å². The molecule has 14 heavy (non-hydrogen) atoms. The highest BCUT2D eigenvalue weighted by atomic mass is 35.5. The molecular weight excluding hydrogens is 215 g/mol. The fourth-order valence-corrected chi connectivity index (χ4v) is 2.64. The van der Waals surface area contributed by atoms with E-state index < -0.39 is 0 Å². The summed E-state index contributed by atoms with van der Waals surface area (Å²) in [7, 11) is 0. The van der Waals surface area contributed by atoms with Crippen LogP contribution in [0.1, 0.15) is 24.8 Å². The molecule has 2 unspecified atom stereocenters. The number of hydrogen-bond donors (Lipinski definition) is 0. The maximum atomic E-state index is 6.23. The van der Waals surface area contributed by atoms with E-state index in [2.05, 4.69) is 12.1 Å². The lowest BCUT2D eigenvalue weighted by Crippen LogP contribution is -2.09. The summed E-state index contributed by atoms with van der Waals surface area (Å²) >= 11 is 12.1. The van der Waals surface area contributed by atoms with Crippen LogP contribution in [0.4, 0.5) is 0 Å². The third-order valence-corrected chi connectivity index (χ3v) is 3.80. The van der Waals surface area contributed by atoms with Gasteiger partial charge in [-0.15, -0.1) is 11.6 Å². The second-order valence-electron chi connectivity index (χ2n) is 4.04. The summed E-state index contributed by atoms with van der Waals surface area (Å²) in [5.41, 5.74) is 1.35. The molecule has 0 radical (unpaired) electrons. The Morgan fingerprint density at radius 2 is 1.86 bits per heavy atom. The SMILES string of the molecule is Clc1ccc(CC2CCCC2Cl)cc1. The van der Waals surface area contributed by atoms with Crippen molar-refractivity contribution in [3.05, 3.63) is 34.9 Å². The van der Waals surface area contributed by atoms with Crippen molar-refractivity contribution in [3.8, 4) is 0 Å². The van der Waals surface area contributed by atoms with E-state index in [4.69, 9.17) is 23.2 Å². The van der Waals surface area contributed by atoms with Crippen LogP contribution in [-0.4, -0.2) is 5.38 Å². The Labute approximate surface area is 95.2 Å². The maximum Gasteiger partial charge on any atom is 0.0406 e. The van der Waals surface area contributed by atoms with E-state index in [-0.39, 0.29) is 0 Å². The van der Waals surface area contributed by atoms with Gasteiger partial charge >= 0.3 is 0 Å². The van der Waals surface area contributed by atoms with Crippen molar-refractivity contribution in [2.45, 2.75) is 31.1 Å². The molecule has 1 aromatic rings. The van der Waals surface area contributed by atoms with Crippen molar-refractivity contribution >= 4 is 23.2 Å². The molecule has 0 bridgehead atoms. The lowest BCUT2D eigenvalue weighted by Gasteiger charge is -2.13. The molecule has 0 amide bonds. The van der Waals surface area contributed by atoms with Gasteiger partial charge in [0.25, 0.3) is 0 Å². The second-order valence-corrected chi connectivity index (χ2v) is 5.03. The molecule has 1 fully saturated rings. The highest BCUT2D eigenvalue weighted by molar-refractivity contribution is 6.30. The first-order valence-corrected chi connectivity index (χ1v) is 5.95. The zero-order valence-corrected chi connectivity index (χ0v) is 9.56. The summed E-state index contributed by atoms with van der Waals surface area (Å²) in [6.07, 6.45) is 4.84. The molecule has 0 heterocycles. The van der Waals surface area contributed by atoms with Crippen molar-refractivity contribution < 1.29 is 0 Å². The van der Waals surface area contributed by atoms with Crippen LogP contribution >= 0.6 is 23.2 Å². The van der Waals surface area contributed by atoms with Gasteiger partial charge in [-0.2, -0.15) is 0 Å². The predicted molar refractivity (Wildman–Crippen MR) is 62.1 cm³/mol. The lowest BCUT2D eigenvalue weighted by atomic mass is 9.98. The normalized spacial score (nSPS) is 26.7. The largest absolute Gasteiger partial charge is 0.123 e. The van der Waals surface area contributed by atoms with Crippen LogP contribution in [0.15, 0.2) is 24.3 Å². The molecule has 1 aliphatic rings. The average molecular weight is 229 g/mol. The standard InChI is InChI=1S/C12H14Cl2/c13-11-6-4-9(5-7-11)8-10-2-1-3-12(10)14/h4-7,10,12H,1-3,8H2. The molecular formula is C12H14Cl2. The van der Waals surface area contributed by atoms with Gasteiger partial charge in [0.15, 0.2) is 0 Å². The number of halogens is 2. The van der Waals surface area contributed by atoms with Gasteiger partial charge in [0.1, 0.15) is 0 Å². The van der Waals surface area contributed by atoms with Crippen LogP contribution < -0.4 is 0 Å². The third kappa shape index (κ3) is 2.43. The molecule has 1 aromatic carbocycles. The van der Waals surface area contributed by atoms with E-state index in [1.54, 1.807) is 0 Å². The number of hydrogen-bond acceptors (Lipinski definition) is 0. The number of benzene rings is 1. The van der Waals surface area contributed by atoms with Gasteiger partial charge in [0, 0.05) is 10.4 Å². The summed E-state index contributed by atoms with van der Waals surface area (Å²) in [6.45, 7) is 0. The van der Waals surface area contributed by atoms with Crippen molar-refractivity contribution in [2.75, 3.05) is 0 Å². The van der Waals surface area contributed by atoms with E-state index in [1.165, 1.54) is 24.8 Å². The van der Waals surface area contributed by atoms with Crippen LogP contribution in [0.5, 0.6) is 0 Å². The minimum Gasteiger partial charge on any atom is -0.123 e. The molecule has 2 atom stereocenters. The van der Waals surface area contributed by atoms with E-state index in [0.717, 1.165) is 11.4 Å². The Kier molecular flexibility index (Phi) is 3.35. The maximum absolute atomic E-state index is 6.23. The number of alkyl halides is 1. The Bertz CT molecular complexity index is 292. The van der Waals surface area contributed by atoms with Crippen LogP contribution in [0, 0.1) is 5.92 Å². The highest BCUT2D eigenvalue weighted by Crippen LogP contribution is 2.32. The predicted octanol–water partition coefficient (Wildman–Crippen LogP) is 4.29. The molecule has 0 N–H and O–H groups in total. The Hall–Kier alpha value is -0.200. The first-order valence-electron chi connectivity index (χ1n) is 5.14. The van der Waals surface area contributed by atoms with Crippen LogP contribution in [0.2, 0.25) is 5.02 Å². The molecule has 0 aliphatic heterocycles. The van der Waals surface area contributed by atoms with Gasteiger partial charge in [0.2, 0.25) is 0 Å². The summed E-state index contributed by atoms with van der Waals surface area (Å²) in [4.78, 5) is 0. The molecule has 1 aliphatic carbocycles. The summed E-state index contributed by atoms with van der Waals surface area (Å²) in [5.74, 6) is 0.665. The number of rotatable bonds is 2. The van der Waals surface area contributed by atoms with Gasteiger partial charge in [0.05, 0.1) is 0 Å². The van der Waals surface area contributed by atoms with Crippen LogP contribution in [0.3, 0.4) is 0 Å². The molecule has 1 saturated carbocycles. The zero-order chi connectivity index (χ0) is 9.97. The summed E-state index contributed by atoms with van der Waals surface area (Å²) in [5, 5.41) is 1.19. The Morgan fingerprint density at radius 3 is 2.43 bits per heavy atom. The molecule has 2 rings (SSSR count). The Balaban J connectivity index is 2.00. The first-order chi connectivity index (χ1) is 6.75. The van der Waals surface area contributed by atoms with Crippen LogP contribution in [-0.2, 0) is 6.42 Å². The molecule has 76 valence electrons. The van der Waals surface area contributed by atoms with Crippen molar-refractivity contribution in [3.63, 3.8) is 0 Å². The summed E-state index contributed by atoms with van der Waals surface area (Å²) < 4.78 is 0. The monoisotopic (exact) mass is 228 g/mol. The van der Waals surface area contributed by atoms with E-state index in [1.807, 2.05) is 12.1 Å². The highest BCUT2D eigenvalue weighted by Gasteiger charge is 2.24. The van der Waals surface area contributed by atoms with Gasteiger partial charge in [-0.1, -0.05) is 30.2 Å². The molecule has 0 aromatic heterocycles. The van der Waals surface area contributed by atoms with Gasteiger partial charge in [-0.3, -0.25) is 0 Å². The lowest BCUT2D eigenvalue weighted by molar-refractivity contribution is 0.553. The second kappa shape index (κ2) is 4.55. The fraction of sp³-hybridized carbons (Fsp3) is 0.500. The summed E-state index contributed by atoms with van der Waals surface area (Å²) in [6, 6.07) is 8.11. The van der Waals surface area contributed by atoms with Crippen molar-refractivity contribution in [1.29, 1.82) is 0 Å². The van der Waals surface area contributed by atoms with Gasteiger partial charge in [-0.25, -0.2) is 0 Å². The van der Waals surface area contributed by atoms with Gasteiger partial charge in [-0.05, 0) is 42.9 Å². The molecule has 0 nitrogen and oxygen atoms in total. The first kappa shape index (κ1) is 10.3. The van der Waals surface area contributed by atoms with E-state index in [0.29, 0.717) is 11.3 Å². The quantitative estimate of drug-likeness (QED) is 0.663. The minimum atomic E-state index is 0.380. The van der Waals surface area contributed by atoms with Gasteiger partial charge < -0.3 is 0 Å².